The average Bonchev–Trinajstić information content (AvgIpc) is 3.71. The molecule has 0 bridgehead atoms. The highest BCUT2D eigenvalue weighted by atomic mass is 32.1. The number of hydrogen-bond acceptors (Lipinski definition) is 7. The Labute approximate surface area is 313 Å². The molecule has 0 aliphatic carbocycles. The number of fused-ring (bicyclic) bond motifs is 1. The number of aromatic nitrogens is 4. The van der Waals surface area contributed by atoms with Gasteiger partial charge in [0, 0.05) is 36.4 Å². The first-order valence-corrected chi connectivity index (χ1v) is 20.2. The molecular weight excluding hydrogens is 714 g/mol. The summed E-state index contributed by atoms with van der Waals surface area (Å²) in [4.78, 5) is 8.75. The van der Waals surface area contributed by atoms with Crippen LogP contribution in [-0.2, 0) is 15.6 Å². The third kappa shape index (κ3) is 7.42. The van der Waals surface area contributed by atoms with Crippen molar-refractivity contribution in [1.29, 1.82) is 0 Å². The number of halogens is 3. The maximum Gasteiger partial charge on any atom is 0.326 e. The van der Waals surface area contributed by atoms with Crippen LogP contribution >= 0.6 is 11.5 Å². The summed E-state index contributed by atoms with van der Waals surface area (Å²) in [7, 11) is -1.40. The number of ether oxygens (including phenoxy) is 1. The topological polar surface area (TPSA) is 82.3 Å². The molecule has 6 rings (SSSR count). The van der Waals surface area contributed by atoms with E-state index in [2.05, 4.69) is 73.2 Å². The van der Waals surface area contributed by atoms with Crippen molar-refractivity contribution in [3.05, 3.63) is 108 Å². The van der Waals surface area contributed by atoms with Crippen LogP contribution in [0.1, 0.15) is 65.2 Å². The fourth-order valence-electron chi connectivity index (χ4n) is 7.34. The Hall–Kier alpha value is -4.36. The summed E-state index contributed by atoms with van der Waals surface area (Å²) in [6.45, 7) is 13.0. The van der Waals surface area contributed by atoms with E-state index < -0.39 is 32.6 Å². The van der Waals surface area contributed by atoms with Crippen LogP contribution in [0.3, 0.4) is 0 Å². The number of methoxy groups -OCH3 is 1. The minimum absolute atomic E-state index is 0.269. The summed E-state index contributed by atoms with van der Waals surface area (Å²) < 4.78 is 63.3. The lowest BCUT2D eigenvalue weighted by Gasteiger charge is -2.44. The number of pyridine rings is 1. The monoisotopic (exact) mass is 758 g/mol. The fourth-order valence-corrected chi connectivity index (χ4v) is 12.7. The predicted molar refractivity (Wildman–Crippen MR) is 208 cm³/mol. The Bertz CT molecular complexity index is 2130. The Morgan fingerprint density at radius 1 is 0.887 bits per heavy atom. The molecule has 53 heavy (non-hydrogen) atoms. The Balaban J connectivity index is 1.56. The highest BCUT2D eigenvalue weighted by Gasteiger charge is 2.51. The zero-order valence-corrected chi connectivity index (χ0v) is 32.8. The van der Waals surface area contributed by atoms with E-state index in [0.29, 0.717) is 57.0 Å². The molecule has 2 atom stereocenters. The van der Waals surface area contributed by atoms with Gasteiger partial charge in [0.05, 0.1) is 23.0 Å². The van der Waals surface area contributed by atoms with Gasteiger partial charge in [0.15, 0.2) is 0 Å². The van der Waals surface area contributed by atoms with Crippen LogP contribution in [0.5, 0.6) is 6.01 Å². The van der Waals surface area contributed by atoms with Crippen LogP contribution in [0.4, 0.5) is 13.2 Å². The Morgan fingerprint density at radius 2 is 1.53 bits per heavy atom. The molecule has 3 aromatic carbocycles. The summed E-state index contributed by atoms with van der Waals surface area (Å²) in [5.74, 6) is 0. The highest BCUT2D eigenvalue weighted by Crippen LogP contribution is 2.45. The van der Waals surface area contributed by atoms with Gasteiger partial charge in [0.25, 0.3) is 14.7 Å². The lowest BCUT2D eigenvalue weighted by Crippen LogP contribution is -2.67. The first-order chi connectivity index (χ1) is 25.2. The van der Waals surface area contributed by atoms with E-state index in [1.807, 2.05) is 49.4 Å². The molecule has 3 aromatic heterocycles. The zero-order valence-electron chi connectivity index (χ0n) is 31.0. The average molecular weight is 759 g/mol. The molecule has 0 aliphatic heterocycles. The smallest absolute Gasteiger partial charge is 0.326 e. The summed E-state index contributed by atoms with van der Waals surface area (Å²) >= 11 is 1.01. The number of aromatic hydroxyl groups is 1. The molecule has 7 nitrogen and oxygen atoms in total. The van der Waals surface area contributed by atoms with Crippen LogP contribution in [0, 0.1) is 5.41 Å². The van der Waals surface area contributed by atoms with Crippen molar-refractivity contribution in [2.24, 2.45) is 5.41 Å². The van der Waals surface area contributed by atoms with Gasteiger partial charge >= 0.3 is 6.01 Å². The molecule has 3 heterocycles. The molecular formula is C41H45F3N4O3SSi. The molecule has 1 N–H and O–H groups in total. The van der Waals surface area contributed by atoms with Crippen molar-refractivity contribution in [2.75, 3.05) is 13.7 Å². The van der Waals surface area contributed by atoms with Gasteiger partial charge in [-0.15, -0.1) is 4.37 Å². The quantitative estimate of drug-likeness (QED) is 0.118. The van der Waals surface area contributed by atoms with E-state index in [9.17, 15) is 13.9 Å². The second-order valence-electron chi connectivity index (χ2n) is 15.1. The van der Waals surface area contributed by atoms with Crippen LogP contribution in [0.2, 0.25) is 5.04 Å². The number of benzene rings is 3. The van der Waals surface area contributed by atoms with Crippen molar-refractivity contribution in [2.45, 2.75) is 71.8 Å². The van der Waals surface area contributed by atoms with Crippen LogP contribution in [-0.4, -0.2) is 52.5 Å². The third-order valence-electron chi connectivity index (χ3n) is 9.81. The summed E-state index contributed by atoms with van der Waals surface area (Å²) in [6.07, 6.45) is -4.52. The molecule has 0 spiro atoms. The van der Waals surface area contributed by atoms with Crippen molar-refractivity contribution in [1.82, 2.24) is 18.9 Å². The van der Waals surface area contributed by atoms with Gasteiger partial charge in [-0.2, -0.15) is 4.98 Å². The molecule has 12 heteroatoms. The number of hydrogen-bond donors (Lipinski definition) is 1. The summed E-state index contributed by atoms with van der Waals surface area (Å²) in [5.41, 5.74) is 2.27. The van der Waals surface area contributed by atoms with Crippen molar-refractivity contribution < 1.29 is 27.4 Å². The molecule has 0 fully saturated rings. The highest BCUT2D eigenvalue weighted by molar-refractivity contribution is 7.09. The number of rotatable bonds is 13. The fraction of sp³-hybridized carbons (Fsp3) is 0.341. The van der Waals surface area contributed by atoms with E-state index in [-0.39, 0.29) is 11.0 Å². The predicted octanol–water partition coefficient (Wildman–Crippen LogP) is 9.51. The van der Waals surface area contributed by atoms with Gasteiger partial charge < -0.3 is 18.8 Å². The van der Waals surface area contributed by atoms with Crippen molar-refractivity contribution >= 4 is 41.1 Å². The van der Waals surface area contributed by atoms with Gasteiger partial charge in [-0.05, 0) is 81.6 Å². The third-order valence-corrected chi connectivity index (χ3v) is 15.5. The molecule has 278 valence electrons. The molecule has 0 radical (unpaired) electrons. The zero-order chi connectivity index (χ0) is 38.1. The summed E-state index contributed by atoms with van der Waals surface area (Å²) in [5, 5.41) is 13.0. The van der Waals surface area contributed by atoms with Gasteiger partial charge in [-0.25, -0.2) is 13.2 Å². The van der Waals surface area contributed by atoms with Gasteiger partial charge in [-0.3, -0.25) is 4.98 Å². The maximum atomic E-state index is 16.1. The first kappa shape index (κ1) is 38.4. The molecule has 6 aromatic rings. The van der Waals surface area contributed by atoms with E-state index in [1.54, 1.807) is 37.6 Å². The normalized spacial score (nSPS) is 13.9. The largest absolute Gasteiger partial charge is 0.478 e. The van der Waals surface area contributed by atoms with Gasteiger partial charge in [0.1, 0.15) is 5.01 Å². The molecule has 0 aliphatic rings. The molecule has 0 amide bonds. The minimum Gasteiger partial charge on any atom is -0.478 e. The van der Waals surface area contributed by atoms with Gasteiger partial charge in [-0.1, -0.05) is 95.3 Å². The first-order valence-electron chi connectivity index (χ1n) is 17.5. The van der Waals surface area contributed by atoms with Crippen molar-refractivity contribution in [3.8, 4) is 27.8 Å². The minimum atomic E-state index is -3.30. The number of alkyl halides is 3. The van der Waals surface area contributed by atoms with Crippen LogP contribution < -0.4 is 10.4 Å². The lowest BCUT2D eigenvalue weighted by atomic mass is 9.84. The van der Waals surface area contributed by atoms with Crippen LogP contribution in [0.25, 0.3) is 32.7 Å². The Kier molecular flexibility index (Phi) is 11.0. The molecule has 0 saturated carbocycles. The molecule has 0 saturated heterocycles. The van der Waals surface area contributed by atoms with Crippen molar-refractivity contribution in [3.63, 3.8) is 0 Å². The number of nitrogens with zero attached hydrogens (tertiary/aromatic N) is 4. The SMILES string of the molecule is COC(C)c1ncccc1-c1c(CC(C)(C)CO[Si](c2ccccc2)(c2ccccc2)C(C)(C)C)c2cc(-c3nc(O)ns3)ccc2n1C(F)C(F)F. The standard InChI is InChI=1S/C41H45F3N4O3SSi/c1-26(50-7)34-30(19-14-22-45-34)35-32(31-23-27(38-46-39(49)47-52-38)20-21-33(31)48(35)37(44)36(42)43)24-41(5,6)25-51-53(40(2,3)4,28-15-10-8-11-16-28)29-17-12-9-13-18-29/h8-23,26,36-37H,24-25H2,1-7H3,(H,47,49). The van der Waals surface area contributed by atoms with E-state index >= 15 is 4.39 Å². The van der Waals surface area contributed by atoms with Gasteiger partial charge in [0.2, 0.25) is 6.30 Å². The molecule has 2 unspecified atom stereocenters. The van der Waals surface area contributed by atoms with Crippen LogP contribution in [0.15, 0.2) is 97.2 Å². The van der Waals surface area contributed by atoms with E-state index in [0.717, 1.165) is 26.5 Å². The van der Waals surface area contributed by atoms with E-state index in [1.165, 1.54) is 0 Å². The second-order valence-corrected chi connectivity index (χ2v) is 20.2. The summed E-state index contributed by atoms with van der Waals surface area (Å²) in [6, 6.07) is 29.0. The lowest BCUT2D eigenvalue weighted by molar-refractivity contribution is 0.0114. The van der Waals surface area contributed by atoms with E-state index in [4.69, 9.17) is 9.16 Å². The Morgan fingerprint density at radius 3 is 2.08 bits per heavy atom. The maximum absolute atomic E-state index is 16.1. The second kappa shape index (κ2) is 15.2.